The fraction of sp³-hybridized carbons (Fsp3) is 0.278. The zero-order chi connectivity index (χ0) is 19.0. The van der Waals surface area contributed by atoms with E-state index in [9.17, 15) is 8.42 Å². The summed E-state index contributed by atoms with van der Waals surface area (Å²) in [4.78, 5) is 1.49. The predicted molar refractivity (Wildman–Crippen MR) is 113 cm³/mol. The van der Waals surface area contributed by atoms with Gasteiger partial charge in [-0.2, -0.15) is 0 Å². The molecule has 0 spiro atoms. The van der Waals surface area contributed by atoms with Crippen molar-refractivity contribution in [2.75, 3.05) is 31.7 Å². The molecule has 0 aliphatic heterocycles. The van der Waals surface area contributed by atoms with Crippen molar-refractivity contribution >= 4 is 44.8 Å². The van der Waals surface area contributed by atoms with Gasteiger partial charge in [0.25, 0.3) is 0 Å². The van der Waals surface area contributed by atoms with Crippen LogP contribution in [0.5, 0.6) is 0 Å². The van der Waals surface area contributed by atoms with Gasteiger partial charge in [-0.25, -0.2) is 12.7 Å². The lowest BCUT2D eigenvalue weighted by Gasteiger charge is -2.14. The number of hydrogen-bond acceptors (Lipinski definition) is 4. The van der Waals surface area contributed by atoms with Gasteiger partial charge in [0.1, 0.15) is 0 Å². The molecule has 5 nitrogen and oxygen atoms in total. The van der Waals surface area contributed by atoms with E-state index < -0.39 is 10.0 Å². The van der Waals surface area contributed by atoms with E-state index in [4.69, 9.17) is 12.2 Å². The molecule has 0 aromatic heterocycles. The Balaban J connectivity index is 1.77. The molecular formula is C18H23N3O2S3. The van der Waals surface area contributed by atoms with Gasteiger partial charge in [-0.05, 0) is 54.7 Å². The molecule has 0 atom stereocenters. The minimum atomic E-state index is -3.46. The summed E-state index contributed by atoms with van der Waals surface area (Å²) >= 11 is 7.09. The molecule has 2 rings (SSSR count). The maximum atomic E-state index is 12.2. The summed E-state index contributed by atoms with van der Waals surface area (Å²) in [6, 6.07) is 16.9. The van der Waals surface area contributed by atoms with Gasteiger partial charge in [0, 0.05) is 31.2 Å². The molecule has 0 radical (unpaired) electrons. The molecule has 2 N–H and O–H groups in total. The van der Waals surface area contributed by atoms with Gasteiger partial charge in [0.2, 0.25) is 10.0 Å². The van der Waals surface area contributed by atoms with Gasteiger partial charge in [-0.3, -0.25) is 0 Å². The number of thiocarbonyl (C=S) groups is 1. The summed E-state index contributed by atoms with van der Waals surface area (Å²) in [6.45, 7) is 0.751. The van der Waals surface area contributed by atoms with E-state index in [2.05, 4.69) is 22.8 Å². The molecule has 2 aromatic rings. The van der Waals surface area contributed by atoms with Crippen LogP contribution in [0.25, 0.3) is 0 Å². The highest BCUT2D eigenvalue weighted by atomic mass is 32.2. The number of hydrogen-bond donors (Lipinski definition) is 2. The maximum Gasteiger partial charge on any atom is 0.242 e. The highest BCUT2D eigenvalue weighted by molar-refractivity contribution is 7.99. The number of anilines is 1. The molecule has 2 aromatic carbocycles. The molecular weight excluding hydrogens is 386 g/mol. The Hall–Kier alpha value is -1.61. The smallest absolute Gasteiger partial charge is 0.242 e. The largest absolute Gasteiger partial charge is 0.362 e. The van der Waals surface area contributed by atoms with Crippen molar-refractivity contribution in [1.29, 1.82) is 0 Å². The quantitative estimate of drug-likeness (QED) is 0.396. The Kier molecular flexibility index (Phi) is 7.89. The molecule has 0 heterocycles. The number of thioether (sulfide) groups is 1. The molecule has 0 fully saturated rings. The average Bonchev–Trinajstić information content (AvgIpc) is 2.62. The van der Waals surface area contributed by atoms with Crippen molar-refractivity contribution in [3.63, 3.8) is 0 Å². The third-order valence-electron chi connectivity index (χ3n) is 3.49. The van der Waals surface area contributed by atoms with Crippen LogP contribution in [0.4, 0.5) is 5.69 Å². The van der Waals surface area contributed by atoms with E-state index in [0.717, 1.165) is 18.7 Å². The minimum absolute atomic E-state index is 0.231. The Morgan fingerprint density at radius 3 is 2.54 bits per heavy atom. The molecule has 8 heteroatoms. The monoisotopic (exact) mass is 409 g/mol. The van der Waals surface area contributed by atoms with Crippen molar-refractivity contribution in [1.82, 2.24) is 9.62 Å². The zero-order valence-electron chi connectivity index (χ0n) is 14.8. The molecule has 0 amide bonds. The summed E-state index contributed by atoms with van der Waals surface area (Å²) in [5.74, 6) is 0.996. The van der Waals surface area contributed by atoms with Gasteiger partial charge in [-0.15, -0.1) is 11.8 Å². The minimum Gasteiger partial charge on any atom is -0.362 e. The fourth-order valence-corrected chi connectivity index (χ4v) is 4.14. The van der Waals surface area contributed by atoms with E-state index in [1.165, 1.54) is 23.3 Å². The van der Waals surface area contributed by atoms with Crippen LogP contribution in [0.3, 0.4) is 0 Å². The van der Waals surface area contributed by atoms with Crippen molar-refractivity contribution in [2.45, 2.75) is 16.2 Å². The van der Waals surface area contributed by atoms with Crippen molar-refractivity contribution in [2.24, 2.45) is 0 Å². The highest BCUT2D eigenvalue weighted by Gasteiger charge is 2.17. The van der Waals surface area contributed by atoms with Crippen molar-refractivity contribution in [3.8, 4) is 0 Å². The van der Waals surface area contributed by atoms with Crippen LogP contribution >= 0.6 is 24.0 Å². The first-order valence-electron chi connectivity index (χ1n) is 8.15. The molecule has 0 saturated carbocycles. The number of nitrogens with zero attached hydrogens (tertiary/aromatic N) is 1. The van der Waals surface area contributed by atoms with Crippen LogP contribution in [-0.4, -0.2) is 44.2 Å². The third kappa shape index (κ3) is 6.28. The lowest BCUT2D eigenvalue weighted by Crippen LogP contribution is -2.29. The predicted octanol–water partition coefficient (Wildman–Crippen LogP) is 3.41. The van der Waals surface area contributed by atoms with Crippen LogP contribution in [0.2, 0.25) is 0 Å². The first-order valence-corrected chi connectivity index (χ1v) is 11.0. The Morgan fingerprint density at radius 2 is 1.85 bits per heavy atom. The maximum absolute atomic E-state index is 12.2. The Morgan fingerprint density at radius 1 is 1.12 bits per heavy atom. The fourth-order valence-electron chi connectivity index (χ4n) is 2.10. The standard InChI is InChI=1S/C18H23N3O2S3/c1-21(2)26(22,23)17-11-6-8-15(14-17)20-18(24)19-12-7-13-25-16-9-4-3-5-10-16/h3-6,8-11,14H,7,12-13H2,1-2H3,(H2,19,20,24). The first kappa shape index (κ1) is 20.7. The van der Waals surface area contributed by atoms with Crippen LogP contribution < -0.4 is 10.6 Å². The number of benzene rings is 2. The SMILES string of the molecule is CN(C)S(=O)(=O)c1cccc(NC(=S)NCCCSc2ccccc2)c1. The van der Waals surface area contributed by atoms with Gasteiger partial charge >= 0.3 is 0 Å². The first-order chi connectivity index (χ1) is 12.4. The Labute approximate surface area is 165 Å². The normalized spacial score (nSPS) is 11.3. The van der Waals surface area contributed by atoms with Crippen LogP contribution in [-0.2, 0) is 10.0 Å². The third-order valence-corrected chi connectivity index (χ3v) is 6.64. The van der Waals surface area contributed by atoms with Gasteiger partial charge in [-0.1, -0.05) is 24.3 Å². The molecule has 26 heavy (non-hydrogen) atoms. The second-order valence-electron chi connectivity index (χ2n) is 5.71. The number of sulfonamides is 1. The van der Waals surface area contributed by atoms with Crippen LogP contribution in [0.1, 0.15) is 6.42 Å². The van der Waals surface area contributed by atoms with E-state index >= 15 is 0 Å². The Bertz CT molecular complexity index is 825. The number of nitrogens with one attached hydrogen (secondary N) is 2. The van der Waals surface area contributed by atoms with Gasteiger partial charge in [0.15, 0.2) is 5.11 Å². The summed E-state index contributed by atoms with van der Waals surface area (Å²) in [5.41, 5.74) is 0.643. The van der Waals surface area contributed by atoms with E-state index in [1.54, 1.807) is 24.3 Å². The van der Waals surface area contributed by atoms with Crippen molar-refractivity contribution < 1.29 is 8.42 Å². The van der Waals surface area contributed by atoms with E-state index in [-0.39, 0.29) is 4.90 Å². The second kappa shape index (κ2) is 9.91. The molecule has 0 saturated heterocycles. The molecule has 140 valence electrons. The summed E-state index contributed by atoms with van der Waals surface area (Å²) in [5, 5.41) is 6.66. The topological polar surface area (TPSA) is 61.4 Å². The highest BCUT2D eigenvalue weighted by Crippen LogP contribution is 2.18. The molecule has 0 bridgehead atoms. The molecule has 0 aliphatic rings. The van der Waals surface area contributed by atoms with Gasteiger partial charge in [0.05, 0.1) is 4.90 Å². The summed E-state index contributed by atoms with van der Waals surface area (Å²) in [6.07, 6.45) is 0.969. The molecule has 0 aliphatic carbocycles. The lowest BCUT2D eigenvalue weighted by molar-refractivity contribution is 0.521. The summed E-state index contributed by atoms with van der Waals surface area (Å²) < 4.78 is 25.5. The van der Waals surface area contributed by atoms with Crippen LogP contribution in [0.15, 0.2) is 64.4 Å². The second-order valence-corrected chi connectivity index (χ2v) is 9.44. The summed E-state index contributed by atoms with van der Waals surface area (Å²) in [7, 11) is -0.441. The zero-order valence-corrected chi connectivity index (χ0v) is 17.3. The number of rotatable bonds is 8. The van der Waals surface area contributed by atoms with E-state index in [0.29, 0.717) is 10.8 Å². The average molecular weight is 410 g/mol. The van der Waals surface area contributed by atoms with Crippen molar-refractivity contribution in [3.05, 3.63) is 54.6 Å². The molecule has 0 unspecified atom stereocenters. The van der Waals surface area contributed by atoms with Gasteiger partial charge < -0.3 is 10.6 Å². The van der Waals surface area contributed by atoms with Crippen LogP contribution in [0, 0.1) is 0 Å². The van der Waals surface area contributed by atoms with E-state index in [1.807, 2.05) is 30.0 Å². The lowest BCUT2D eigenvalue weighted by atomic mass is 10.3.